The summed E-state index contributed by atoms with van der Waals surface area (Å²) in [7, 11) is 3.24. The molecule has 0 aliphatic rings. The molecule has 1 atom stereocenters. The van der Waals surface area contributed by atoms with Crippen LogP contribution in [0.1, 0.15) is 16.6 Å². The number of hydrogen-bond donors (Lipinski definition) is 1. The molecule has 0 bridgehead atoms. The lowest BCUT2D eigenvalue weighted by Crippen LogP contribution is -2.34. The highest BCUT2D eigenvalue weighted by atomic mass is 32.1. The van der Waals surface area contributed by atoms with E-state index in [9.17, 15) is 9.59 Å². The minimum Gasteiger partial charge on any atom is -0.448 e. The number of fused-ring (bicyclic) bond motifs is 1. The zero-order chi connectivity index (χ0) is 14.9. The fraction of sp³-hybridized carbons (Fsp3) is 0.286. The van der Waals surface area contributed by atoms with Gasteiger partial charge in [0.2, 0.25) is 0 Å². The van der Waals surface area contributed by atoms with Crippen molar-refractivity contribution in [3.8, 4) is 0 Å². The molecule has 0 aliphatic heterocycles. The SMILES string of the molecule is CC(OC(=O)c1cc2cc(N)ccc2s1)C(=O)N(C)C. The first-order valence-electron chi connectivity index (χ1n) is 6.09. The molecule has 0 spiro atoms. The van der Waals surface area contributed by atoms with Gasteiger partial charge >= 0.3 is 5.97 Å². The van der Waals surface area contributed by atoms with E-state index in [-0.39, 0.29) is 5.91 Å². The number of benzene rings is 1. The maximum absolute atomic E-state index is 12.0. The fourth-order valence-electron chi connectivity index (χ4n) is 1.80. The van der Waals surface area contributed by atoms with Gasteiger partial charge in [-0.1, -0.05) is 0 Å². The molecule has 5 nitrogen and oxygen atoms in total. The Bertz CT molecular complexity index is 663. The highest BCUT2D eigenvalue weighted by molar-refractivity contribution is 7.20. The van der Waals surface area contributed by atoms with Crippen LogP contribution < -0.4 is 5.73 Å². The van der Waals surface area contributed by atoms with Gasteiger partial charge in [0.25, 0.3) is 5.91 Å². The van der Waals surface area contributed by atoms with Gasteiger partial charge in [-0.2, -0.15) is 0 Å². The first-order chi connectivity index (χ1) is 9.38. The summed E-state index contributed by atoms with van der Waals surface area (Å²) < 4.78 is 6.12. The predicted molar refractivity (Wildman–Crippen MR) is 79.8 cm³/mol. The highest BCUT2D eigenvalue weighted by Crippen LogP contribution is 2.28. The van der Waals surface area contributed by atoms with Crippen molar-refractivity contribution in [1.29, 1.82) is 0 Å². The molecule has 2 N–H and O–H groups in total. The van der Waals surface area contributed by atoms with E-state index in [1.165, 1.54) is 16.2 Å². The average molecular weight is 292 g/mol. The van der Waals surface area contributed by atoms with Gasteiger partial charge in [-0.05, 0) is 36.6 Å². The van der Waals surface area contributed by atoms with Crippen LogP contribution in [-0.4, -0.2) is 37.0 Å². The Morgan fingerprint density at radius 1 is 1.30 bits per heavy atom. The van der Waals surface area contributed by atoms with Crippen LogP contribution in [-0.2, 0) is 9.53 Å². The molecule has 0 fully saturated rings. The van der Waals surface area contributed by atoms with E-state index in [0.29, 0.717) is 10.6 Å². The second-order valence-corrected chi connectivity index (χ2v) is 5.77. The van der Waals surface area contributed by atoms with Gasteiger partial charge in [0.15, 0.2) is 6.10 Å². The van der Waals surface area contributed by atoms with Crippen molar-refractivity contribution in [3.63, 3.8) is 0 Å². The second kappa shape index (κ2) is 5.50. The minimum absolute atomic E-state index is 0.247. The summed E-state index contributed by atoms with van der Waals surface area (Å²) in [5.74, 6) is -0.740. The summed E-state index contributed by atoms with van der Waals surface area (Å²) in [6.45, 7) is 1.56. The molecular formula is C14H16N2O3S. The predicted octanol–water partition coefficient (Wildman–Crippen LogP) is 2.12. The number of likely N-dealkylation sites (N-methyl/N-ethyl adjacent to an activating group) is 1. The number of hydrogen-bond acceptors (Lipinski definition) is 5. The number of rotatable bonds is 3. The third-order valence-electron chi connectivity index (χ3n) is 2.81. The summed E-state index contributed by atoms with van der Waals surface area (Å²) in [5.41, 5.74) is 6.35. The number of esters is 1. The number of anilines is 1. The van der Waals surface area contributed by atoms with Gasteiger partial charge in [0, 0.05) is 24.5 Å². The maximum atomic E-state index is 12.0. The van der Waals surface area contributed by atoms with E-state index in [2.05, 4.69) is 0 Å². The Morgan fingerprint density at radius 3 is 2.65 bits per heavy atom. The van der Waals surface area contributed by atoms with Gasteiger partial charge in [-0.3, -0.25) is 4.79 Å². The second-order valence-electron chi connectivity index (χ2n) is 4.69. The van der Waals surface area contributed by atoms with Crippen molar-refractivity contribution in [1.82, 2.24) is 4.90 Å². The van der Waals surface area contributed by atoms with Crippen molar-refractivity contribution in [2.45, 2.75) is 13.0 Å². The summed E-state index contributed by atoms with van der Waals surface area (Å²) >= 11 is 1.32. The van der Waals surface area contributed by atoms with Crippen LogP contribution in [0, 0.1) is 0 Å². The molecular weight excluding hydrogens is 276 g/mol. The molecule has 1 amide bonds. The first kappa shape index (κ1) is 14.3. The quantitative estimate of drug-likeness (QED) is 0.694. The minimum atomic E-state index is -0.798. The topological polar surface area (TPSA) is 72.6 Å². The Hall–Kier alpha value is -2.08. The van der Waals surface area contributed by atoms with Crippen LogP contribution in [0.5, 0.6) is 0 Å². The van der Waals surface area contributed by atoms with Gasteiger partial charge in [-0.15, -0.1) is 11.3 Å². The standard InChI is InChI=1S/C14H16N2O3S/c1-8(13(17)16(2)3)19-14(18)12-7-9-6-10(15)4-5-11(9)20-12/h4-8H,15H2,1-3H3. The number of nitrogens with two attached hydrogens (primary N) is 1. The number of thiophene rings is 1. The van der Waals surface area contributed by atoms with E-state index < -0.39 is 12.1 Å². The van der Waals surface area contributed by atoms with Gasteiger partial charge in [-0.25, -0.2) is 4.79 Å². The number of nitrogen functional groups attached to an aromatic ring is 1. The number of carbonyl (C=O) groups excluding carboxylic acids is 2. The van der Waals surface area contributed by atoms with E-state index >= 15 is 0 Å². The van der Waals surface area contributed by atoms with Crippen molar-refractivity contribution in [2.75, 3.05) is 19.8 Å². The fourth-order valence-corrected chi connectivity index (χ4v) is 2.72. The lowest BCUT2D eigenvalue weighted by molar-refractivity contribution is -0.137. The Kier molecular flexibility index (Phi) is 3.94. The van der Waals surface area contributed by atoms with Crippen LogP contribution in [0.25, 0.3) is 10.1 Å². The molecule has 0 radical (unpaired) electrons. The molecule has 0 saturated carbocycles. The molecule has 106 valence electrons. The highest BCUT2D eigenvalue weighted by Gasteiger charge is 2.21. The Labute approximate surface area is 120 Å². The zero-order valence-corrected chi connectivity index (χ0v) is 12.4. The molecule has 1 heterocycles. The van der Waals surface area contributed by atoms with E-state index in [1.807, 2.05) is 6.07 Å². The smallest absolute Gasteiger partial charge is 0.349 e. The van der Waals surface area contributed by atoms with Crippen LogP contribution in [0.2, 0.25) is 0 Å². The number of ether oxygens (including phenoxy) is 1. The van der Waals surface area contributed by atoms with Crippen molar-refractivity contribution < 1.29 is 14.3 Å². The third kappa shape index (κ3) is 2.91. The van der Waals surface area contributed by atoms with Crippen LogP contribution in [0.4, 0.5) is 5.69 Å². The molecule has 1 unspecified atom stereocenters. The summed E-state index contributed by atoms with van der Waals surface area (Å²) in [4.78, 5) is 25.5. The molecule has 0 saturated heterocycles. The molecule has 1 aromatic carbocycles. The summed E-state index contributed by atoms with van der Waals surface area (Å²) in [5, 5.41) is 0.897. The maximum Gasteiger partial charge on any atom is 0.349 e. The van der Waals surface area contributed by atoms with E-state index in [4.69, 9.17) is 10.5 Å². The number of amides is 1. The molecule has 2 aromatic rings. The van der Waals surface area contributed by atoms with Gasteiger partial charge in [0.05, 0.1) is 0 Å². The van der Waals surface area contributed by atoms with Crippen molar-refractivity contribution in [3.05, 3.63) is 29.1 Å². The summed E-state index contributed by atoms with van der Waals surface area (Å²) in [6.07, 6.45) is -0.798. The lowest BCUT2D eigenvalue weighted by atomic mass is 10.2. The van der Waals surface area contributed by atoms with Gasteiger partial charge < -0.3 is 15.4 Å². The van der Waals surface area contributed by atoms with Crippen LogP contribution in [0.3, 0.4) is 0 Å². The Balaban J connectivity index is 2.17. The zero-order valence-electron chi connectivity index (χ0n) is 11.5. The largest absolute Gasteiger partial charge is 0.448 e. The summed E-state index contributed by atoms with van der Waals surface area (Å²) in [6, 6.07) is 7.18. The van der Waals surface area contributed by atoms with E-state index in [0.717, 1.165) is 10.1 Å². The lowest BCUT2D eigenvalue weighted by Gasteiger charge is -2.16. The number of carbonyl (C=O) groups is 2. The third-order valence-corrected chi connectivity index (χ3v) is 3.91. The normalized spacial score (nSPS) is 12.2. The van der Waals surface area contributed by atoms with Crippen molar-refractivity contribution in [2.24, 2.45) is 0 Å². The number of nitrogens with zero attached hydrogens (tertiary/aromatic N) is 1. The molecule has 2 rings (SSSR count). The van der Waals surface area contributed by atoms with Crippen LogP contribution in [0.15, 0.2) is 24.3 Å². The molecule has 1 aromatic heterocycles. The molecule has 20 heavy (non-hydrogen) atoms. The molecule has 0 aliphatic carbocycles. The van der Waals surface area contributed by atoms with Crippen LogP contribution >= 0.6 is 11.3 Å². The van der Waals surface area contributed by atoms with Gasteiger partial charge in [0.1, 0.15) is 4.88 Å². The van der Waals surface area contributed by atoms with E-state index in [1.54, 1.807) is 39.2 Å². The molecule has 6 heteroatoms. The van der Waals surface area contributed by atoms with Crippen molar-refractivity contribution >= 4 is 39.0 Å². The average Bonchev–Trinajstić information content (AvgIpc) is 2.80. The monoisotopic (exact) mass is 292 g/mol. The Morgan fingerprint density at radius 2 is 2.00 bits per heavy atom. The first-order valence-corrected chi connectivity index (χ1v) is 6.91.